The highest BCUT2D eigenvalue weighted by molar-refractivity contribution is 7.91. The number of carbonyl (C=O) groups is 2. The molecule has 12 heteroatoms. The van der Waals surface area contributed by atoms with Crippen LogP contribution < -0.4 is 9.64 Å². The second-order valence-electron chi connectivity index (χ2n) is 12.8. The third kappa shape index (κ3) is 7.19. The van der Waals surface area contributed by atoms with Crippen LogP contribution in [-0.2, 0) is 21.3 Å². The van der Waals surface area contributed by atoms with E-state index in [1.807, 2.05) is 56.9 Å². The van der Waals surface area contributed by atoms with Crippen molar-refractivity contribution in [3.63, 3.8) is 0 Å². The monoisotopic (exact) mass is 668 g/mol. The van der Waals surface area contributed by atoms with Crippen LogP contribution in [0.2, 0.25) is 0 Å². The van der Waals surface area contributed by atoms with Crippen molar-refractivity contribution in [1.82, 2.24) is 14.1 Å². The van der Waals surface area contributed by atoms with E-state index in [0.29, 0.717) is 61.9 Å². The molecule has 1 fully saturated rings. The van der Waals surface area contributed by atoms with Gasteiger partial charge >= 0.3 is 6.09 Å². The number of methoxy groups -OCH3 is 1. The van der Waals surface area contributed by atoms with Crippen LogP contribution in [0.25, 0.3) is 0 Å². The van der Waals surface area contributed by atoms with Gasteiger partial charge in [-0.1, -0.05) is 24.3 Å². The van der Waals surface area contributed by atoms with Crippen LogP contribution in [0.5, 0.6) is 5.75 Å². The van der Waals surface area contributed by atoms with E-state index in [4.69, 9.17) is 9.47 Å². The molecule has 5 rings (SSSR count). The zero-order chi connectivity index (χ0) is 33.2. The lowest BCUT2D eigenvalue weighted by molar-refractivity contribution is 0.0240. The molecule has 1 saturated heterocycles. The second kappa shape index (κ2) is 13.6. The molecule has 2 aromatic carbocycles. The van der Waals surface area contributed by atoms with Crippen LogP contribution in [0.1, 0.15) is 66.7 Å². The topological polar surface area (TPSA) is 99.7 Å². The summed E-state index contributed by atoms with van der Waals surface area (Å²) < 4.78 is 38.9. The molecule has 2 aliphatic rings. The van der Waals surface area contributed by atoms with Gasteiger partial charge in [0, 0.05) is 63.1 Å². The lowest BCUT2D eigenvalue weighted by atomic mass is 9.98. The Hall–Kier alpha value is -3.61. The fourth-order valence-electron chi connectivity index (χ4n) is 6.15. The van der Waals surface area contributed by atoms with Crippen LogP contribution in [0.15, 0.2) is 58.1 Å². The molecule has 2 aliphatic heterocycles. The van der Waals surface area contributed by atoms with E-state index in [1.165, 1.54) is 15.6 Å². The third-order valence-electron chi connectivity index (χ3n) is 8.53. The van der Waals surface area contributed by atoms with Gasteiger partial charge in [-0.05, 0) is 81.3 Å². The van der Waals surface area contributed by atoms with Crippen molar-refractivity contribution < 1.29 is 27.5 Å². The summed E-state index contributed by atoms with van der Waals surface area (Å²) in [4.78, 5) is 32.6. The van der Waals surface area contributed by atoms with Crippen LogP contribution >= 0.6 is 11.3 Å². The maximum atomic E-state index is 14.0. The van der Waals surface area contributed by atoms with Gasteiger partial charge in [-0.25, -0.2) is 17.5 Å². The van der Waals surface area contributed by atoms with Crippen molar-refractivity contribution in [2.24, 2.45) is 0 Å². The summed E-state index contributed by atoms with van der Waals surface area (Å²) >= 11 is 1.21. The fourth-order valence-corrected chi connectivity index (χ4v) is 8.56. The van der Waals surface area contributed by atoms with Gasteiger partial charge < -0.3 is 24.2 Å². The lowest BCUT2D eigenvalue weighted by Crippen LogP contribution is -2.50. The number of nitrogens with zero attached hydrogens (tertiary/aromatic N) is 4. The molecule has 0 saturated carbocycles. The maximum Gasteiger partial charge on any atom is 0.410 e. The van der Waals surface area contributed by atoms with Gasteiger partial charge in [0.05, 0.1) is 13.2 Å². The Morgan fingerprint density at radius 1 is 1.07 bits per heavy atom. The van der Waals surface area contributed by atoms with Gasteiger partial charge in [0.25, 0.3) is 15.9 Å². The number of anilines is 1. The first-order chi connectivity index (χ1) is 21.8. The van der Waals surface area contributed by atoms with Crippen LogP contribution in [0.4, 0.5) is 10.5 Å². The van der Waals surface area contributed by atoms with Gasteiger partial charge in [-0.2, -0.15) is 0 Å². The molecular formula is C34H44N4O6S2. The molecule has 0 bridgehead atoms. The number of sulfonamides is 1. The van der Waals surface area contributed by atoms with Crippen LogP contribution in [0.3, 0.4) is 0 Å². The van der Waals surface area contributed by atoms with Crippen molar-refractivity contribution in [2.75, 3.05) is 51.8 Å². The van der Waals surface area contributed by atoms with Gasteiger partial charge in [0.2, 0.25) is 0 Å². The number of carbonyl (C=O) groups excluding carboxylic acids is 2. The first kappa shape index (κ1) is 33.7. The van der Waals surface area contributed by atoms with Crippen LogP contribution in [0, 0.1) is 6.92 Å². The highest BCUT2D eigenvalue weighted by atomic mass is 32.2. The summed E-state index contributed by atoms with van der Waals surface area (Å²) in [5.41, 5.74) is 4.06. The quantitative estimate of drug-likeness (QED) is 0.265. The predicted octanol–water partition coefficient (Wildman–Crippen LogP) is 5.92. The summed E-state index contributed by atoms with van der Waals surface area (Å²) in [6.45, 7) is 10.7. The molecule has 0 spiro atoms. The van der Waals surface area contributed by atoms with E-state index in [0.717, 1.165) is 28.1 Å². The van der Waals surface area contributed by atoms with Gasteiger partial charge in [0.1, 0.15) is 15.6 Å². The molecule has 0 unspecified atom stereocenters. The molecule has 3 aromatic rings. The first-order valence-electron chi connectivity index (χ1n) is 15.6. The number of thiophene rings is 1. The minimum absolute atomic E-state index is 0.0396. The minimum Gasteiger partial charge on any atom is -0.496 e. The molecule has 0 aliphatic carbocycles. The Kier molecular flexibility index (Phi) is 10.00. The summed E-state index contributed by atoms with van der Waals surface area (Å²) in [6, 6.07) is 14.9. The van der Waals surface area contributed by atoms with E-state index < -0.39 is 15.6 Å². The SMILES string of the molecule is COc1ccc([C@@H](CCCN(C)S(=O)(=O)c2cccs2)N2Cc3c(cccc3N3CCN(C(=O)OC(C)(C)C)CC3)C2=O)cc1C. The normalized spacial score (nSPS) is 16.2. The molecule has 3 heterocycles. The zero-order valence-corrected chi connectivity index (χ0v) is 29.1. The van der Waals surface area contributed by atoms with Crippen molar-refractivity contribution >= 4 is 39.0 Å². The Morgan fingerprint density at radius 2 is 1.80 bits per heavy atom. The van der Waals surface area contributed by atoms with Crippen molar-refractivity contribution in [3.8, 4) is 5.75 Å². The number of ether oxygens (including phenoxy) is 2. The van der Waals surface area contributed by atoms with Crippen molar-refractivity contribution in [3.05, 3.63) is 76.2 Å². The number of fused-ring (bicyclic) bond motifs is 1. The molecule has 0 radical (unpaired) electrons. The van der Waals surface area contributed by atoms with E-state index in [-0.39, 0.29) is 18.0 Å². The molecule has 2 amide bonds. The summed E-state index contributed by atoms with van der Waals surface area (Å²) in [5.74, 6) is 0.732. The van der Waals surface area contributed by atoms with E-state index >= 15 is 0 Å². The Labute approximate surface area is 276 Å². The standard InChI is InChI=1S/C34H44N4O6S2/c1-24-22-25(14-15-30(24)43-6)28(12-8-16-35(5)46(41,42)31-13-9-21-45-31)38-23-27-26(32(38)39)10-7-11-29(27)36-17-19-37(20-18-36)33(40)44-34(2,3)4/h7,9-11,13-15,21-22,28H,8,12,16-20,23H2,1-6H3/t28-/m1/s1. The van der Waals surface area contributed by atoms with Gasteiger partial charge in [-0.3, -0.25) is 4.79 Å². The highest BCUT2D eigenvalue weighted by Crippen LogP contribution is 2.39. The molecule has 0 N–H and O–H groups in total. The Balaban J connectivity index is 1.35. The molecule has 46 heavy (non-hydrogen) atoms. The van der Waals surface area contributed by atoms with E-state index in [9.17, 15) is 18.0 Å². The first-order valence-corrected chi connectivity index (χ1v) is 17.9. The molecule has 10 nitrogen and oxygen atoms in total. The number of rotatable bonds is 10. The highest BCUT2D eigenvalue weighted by Gasteiger charge is 2.37. The molecular weight excluding hydrogens is 625 g/mol. The summed E-state index contributed by atoms with van der Waals surface area (Å²) in [7, 11) is -0.325. The zero-order valence-electron chi connectivity index (χ0n) is 27.5. The Bertz CT molecular complexity index is 1660. The molecule has 248 valence electrons. The molecule has 1 aromatic heterocycles. The van der Waals surface area contributed by atoms with Crippen molar-refractivity contribution in [2.45, 2.75) is 62.9 Å². The lowest BCUT2D eigenvalue weighted by Gasteiger charge is -2.37. The second-order valence-corrected chi connectivity index (χ2v) is 16.1. The van der Waals surface area contributed by atoms with E-state index in [1.54, 1.807) is 36.6 Å². The van der Waals surface area contributed by atoms with Gasteiger partial charge in [0.15, 0.2) is 0 Å². The number of piperazine rings is 1. The van der Waals surface area contributed by atoms with Gasteiger partial charge in [-0.15, -0.1) is 11.3 Å². The average molecular weight is 669 g/mol. The van der Waals surface area contributed by atoms with Crippen molar-refractivity contribution in [1.29, 1.82) is 0 Å². The average Bonchev–Trinajstić information content (AvgIpc) is 3.68. The minimum atomic E-state index is -3.57. The number of amides is 2. The number of aryl methyl sites for hydroxylation is 1. The van der Waals surface area contributed by atoms with Crippen LogP contribution in [-0.4, -0.2) is 87.0 Å². The maximum absolute atomic E-state index is 14.0. The largest absolute Gasteiger partial charge is 0.496 e. The number of hydrogen-bond donors (Lipinski definition) is 0. The number of hydrogen-bond acceptors (Lipinski definition) is 8. The smallest absolute Gasteiger partial charge is 0.410 e. The third-order valence-corrected chi connectivity index (χ3v) is 11.8. The Morgan fingerprint density at radius 3 is 2.43 bits per heavy atom. The number of benzene rings is 2. The summed E-state index contributed by atoms with van der Waals surface area (Å²) in [5, 5.41) is 1.76. The molecule has 1 atom stereocenters. The fraction of sp³-hybridized carbons (Fsp3) is 0.471. The van der Waals surface area contributed by atoms with E-state index in [2.05, 4.69) is 17.0 Å². The summed E-state index contributed by atoms with van der Waals surface area (Å²) in [6.07, 6.45) is 0.842. The predicted molar refractivity (Wildman–Crippen MR) is 180 cm³/mol.